The molecule has 1 aromatic rings. The number of halogens is 2. The highest BCUT2D eigenvalue weighted by Crippen LogP contribution is 2.43. The maximum atomic E-state index is 10.8. The Morgan fingerprint density at radius 1 is 1.63 bits per heavy atom. The summed E-state index contributed by atoms with van der Waals surface area (Å²) in [6, 6.07) is 4.96. The molecule has 19 heavy (non-hydrogen) atoms. The van der Waals surface area contributed by atoms with Crippen molar-refractivity contribution in [1.29, 1.82) is 5.26 Å². The lowest BCUT2D eigenvalue weighted by molar-refractivity contribution is -0.482. The Labute approximate surface area is 121 Å². The summed E-state index contributed by atoms with van der Waals surface area (Å²) in [6.07, 6.45) is 0. The monoisotopic (exact) mass is 343 g/mol. The average Bonchev–Trinajstić information content (AvgIpc) is 2.26. The van der Waals surface area contributed by atoms with E-state index in [1.807, 2.05) is 6.07 Å². The predicted octanol–water partition coefficient (Wildman–Crippen LogP) is 2.55. The first-order valence-electron chi connectivity index (χ1n) is 5.12. The lowest BCUT2D eigenvalue weighted by Crippen LogP contribution is -2.25. The smallest absolute Gasteiger partial charge is 0.215 e. The molecule has 8 heteroatoms. The van der Waals surface area contributed by atoms with Crippen LogP contribution in [0.15, 0.2) is 28.1 Å². The maximum Gasteiger partial charge on any atom is 0.215 e. The van der Waals surface area contributed by atoms with Gasteiger partial charge in [-0.05, 0) is 12.1 Å². The van der Waals surface area contributed by atoms with Crippen molar-refractivity contribution in [3.63, 3.8) is 0 Å². The molecular weight excluding hydrogens is 337 g/mol. The van der Waals surface area contributed by atoms with E-state index in [4.69, 9.17) is 27.3 Å². The second kappa shape index (κ2) is 5.07. The van der Waals surface area contributed by atoms with Crippen LogP contribution in [0.25, 0.3) is 0 Å². The van der Waals surface area contributed by atoms with Gasteiger partial charge in [-0.1, -0.05) is 27.5 Å². The minimum absolute atomic E-state index is 0.0484. The number of hydrogen-bond acceptors (Lipinski definition) is 5. The van der Waals surface area contributed by atoms with E-state index in [0.717, 1.165) is 0 Å². The fourth-order valence-corrected chi connectivity index (χ4v) is 3.00. The van der Waals surface area contributed by atoms with E-state index in [2.05, 4.69) is 15.9 Å². The normalized spacial score (nSPS) is 17.4. The molecule has 6 nitrogen and oxygen atoms in total. The van der Waals surface area contributed by atoms with Gasteiger partial charge in [0.05, 0.1) is 5.92 Å². The molecule has 0 aromatic heterocycles. The molecule has 98 valence electrons. The number of nitrogens with two attached hydrogens (primary N) is 1. The van der Waals surface area contributed by atoms with Gasteiger partial charge in [0, 0.05) is 20.0 Å². The molecule has 1 unspecified atom stereocenters. The molecule has 0 saturated carbocycles. The largest absolute Gasteiger partial charge is 0.440 e. The molecule has 0 fully saturated rings. The van der Waals surface area contributed by atoms with E-state index in [9.17, 15) is 10.1 Å². The van der Waals surface area contributed by atoms with Crippen molar-refractivity contribution in [3.8, 4) is 11.8 Å². The van der Waals surface area contributed by atoms with E-state index in [0.29, 0.717) is 20.8 Å². The van der Waals surface area contributed by atoms with Gasteiger partial charge in [-0.2, -0.15) is 5.26 Å². The van der Waals surface area contributed by atoms with E-state index >= 15 is 0 Å². The first-order chi connectivity index (χ1) is 8.93. The highest BCUT2D eigenvalue weighted by molar-refractivity contribution is 9.10. The highest BCUT2D eigenvalue weighted by atomic mass is 79.9. The number of nitrogens with zero attached hydrogens (tertiary/aromatic N) is 2. The van der Waals surface area contributed by atoms with Crippen LogP contribution in [0, 0.1) is 21.4 Å². The third-order valence-corrected chi connectivity index (χ3v) is 3.57. The predicted molar refractivity (Wildman–Crippen MR) is 71.2 cm³/mol. The lowest BCUT2D eigenvalue weighted by atomic mass is 9.89. The quantitative estimate of drug-likeness (QED) is 0.656. The van der Waals surface area contributed by atoms with Crippen LogP contribution in [0.4, 0.5) is 0 Å². The minimum Gasteiger partial charge on any atom is -0.440 e. The van der Waals surface area contributed by atoms with Crippen molar-refractivity contribution in [2.45, 2.75) is 5.92 Å². The first-order valence-corrected chi connectivity index (χ1v) is 6.29. The van der Waals surface area contributed by atoms with Crippen molar-refractivity contribution >= 4 is 27.5 Å². The Kier molecular flexibility index (Phi) is 3.64. The molecule has 1 aromatic carbocycles. The molecule has 2 rings (SSSR count). The van der Waals surface area contributed by atoms with E-state index in [1.54, 1.807) is 6.07 Å². The number of fused-ring (bicyclic) bond motifs is 1. The Hall–Kier alpha value is -1.78. The number of rotatable bonds is 2. The van der Waals surface area contributed by atoms with Gasteiger partial charge in [0.2, 0.25) is 12.4 Å². The molecule has 2 N–H and O–H groups in total. The molecule has 0 bridgehead atoms. The summed E-state index contributed by atoms with van der Waals surface area (Å²) in [5.41, 5.74) is 6.18. The van der Waals surface area contributed by atoms with Crippen molar-refractivity contribution < 1.29 is 9.66 Å². The third-order valence-electron chi connectivity index (χ3n) is 2.69. The molecule has 0 amide bonds. The number of nitro groups is 1. The van der Waals surface area contributed by atoms with Gasteiger partial charge in [-0.25, -0.2) is 0 Å². The molecule has 1 aliphatic heterocycles. The number of benzene rings is 1. The fourth-order valence-electron chi connectivity index (χ4n) is 1.94. The Morgan fingerprint density at radius 2 is 2.32 bits per heavy atom. The van der Waals surface area contributed by atoms with Crippen molar-refractivity contribution in [1.82, 2.24) is 0 Å². The Bertz CT molecular complexity index is 639. The van der Waals surface area contributed by atoms with Gasteiger partial charge in [0.1, 0.15) is 17.4 Å². The highest BCUT2D eigenvalue weighted by Gasteiger charge is 2.34. The summed E-state index contributed by atoms with van der Waals surface area (Å²) in [5.74, 6) is -0.561. The zero-order valence-electron chi connectivity index (χ0n) is 9.39. The average molecular weight is 345 g/mol. The van der Waals surface area contributed by atoms with E-state index < -0.39 is 17.4 Å². The summed E-state index contributed by atoms with van der Waals surface area (Å²) in [5, 5.41) is 20.3. The number of nitriles is 1. The maximum absolute atomic E-state index is 10.8. The zero-order chi connectivity index (χ0) is 14.2. The van der Waals surface area contributed by atoms with Gasteiger partial charge >= 0.3 is 0 Å². The van der Waals surface area contributed by atoms with Crippen LogP contribution < -0.4 is 10.5 Å². The first kappa shape index (κ1) is 13.6. The SMILES string of the molecule is N#CC1=C(N)Oc2cc(Cl)cc(Br)c2C1C[N+](=O)[O-]. The zero-order valence-corrected chi connectivity index (χ0v) is 11.7. The number of ether oxygens (including phenoxy) is 1. The second-order valence-electron chi connectivity index (χ2n) is 3.86. The van der Waals surface area contributed by atoms with Gasteiger partial charge in [-0.3, -0.25) is 10.1 Å². The van der Waals surface area contributed by atoms with Crippen molar-refractivity contribution in [2.24, 2.45) is 5.73 Å². The van der Waals surface area contributed by atoms with Crippen LogP contribution in [0.3, 0.4) is 0 Å². The molecule has 1 aliphatic rings. The summed E-state index contributed by atoms with van der Waals surface area (Å²) >= 11 is 9.17. The van der Waals surface area contributed by atoms with Crippen LogP contribution >= 0.6 is 27.5 Å². The van der Waals surface area contributed by atoms with Gasteiger partial charge in [0.25, 0.3) is 0 Å². The molecule has 0 spiro atoms. The van der Waals surface area contributed by atoms with Gasteiger partial charge in [-0.15, -0.1) is 0 Å². The van der Waals surface area contributed by atoms with Crippen LogP contribution in [0.2, 0.25) is 5.02 Å². The third kappa shape index (κ3) is 2.50. The minimum atomic E-state index is -0.754. The standard InChI is InChI=1S/C11H7BrClN3O3/c12-8-1-5(13)2-9-10(8)7(4-16(17)18)6(3-14)11(15)19-9/h1-2,7H,4,15H2. The molecule has 1 heterocycles. The Balaban J connectivity index is 2.63. The molecular formula is C11H7BrClN3O3. The van der Waals surface area contributed by atoms with Gasteiger partial charge in [0.15, 0.2) is 0 Å². The summed E-state index contributed by atoms with van der Waals surface area (Å²) in [7, 11) is 0. The van der Waals surface area contributed by atoms with E-state index in [1.165, 1.54) is 6.07 Å². The summed E-state index contributed by atoms with van der Waals surface area (Å²) in [6.45, 7) is -0.444. The molecule has 1 atom stereocenters. The molecule has 0 aliphatic carbocycles. The van der Waals surface area contributed by atoms with Crippen LogP contribution in [0.1, 0.15) is 11.5 Å². The van der Waals surface area contributed by atoms with Crippen molar-refractivity contribution in [3.05, 3.63) is 48.8 Å². The second-order valence-corrected chi connectivity index (χ2v) is 5.15. The summed E-state index contributed by atoms with van der Waals surface area (Å²) in [4.78, 5) is 10.3. The molecule has 0 saturated heterocycles. The fraction of sp³-hybridized carbons (Fsp3) is 0.182. The van der Waals surface area contributed by atoms with Crippen LogP contribution in [-0.2, 0) is 0 Å². The van der Waals surface area contributed by atoms with Crippen molar-refractivity contribution in [2.75, 3.05) is 6.54 Å². The lowest BCUT2D eigenvalue weighted by Gasteiger charge is -2.24. The molecule has 0 radical (unpaired) electrons. The van der Waals surface area contributed by atoms with Crippen LogP contribution in [0.5, 0.6) is 5.75 Å². The Morgan fingerprint density at radius 3 is 2.89 bits per heavy atom. The number of hydrogen-bond donors (Lipinski definition) is 1. The van der Waals surface area contributed by atoms with Gasteiger partial charge < -0.3 is 10.5 Å². The topological polar surface area (TPSA) is 102 Å². The van der Waals surface area contributed by atoms with E-state index in [-0.39, 0.29) is 11.5 Å². The summed E-state index contributed by atoms with van der Waals surface area (Å²) < 4.78 is 5.85. The van der Waals surface area contributed by atoms with Crippen LogP contribution in [-0.4, -0.2) is 11.5 Å².